The fraction of sp³-hybridized carbons (Fsp3) is 0.300. The van der Waals surface area contributed by atoms with Crippen LogP contribution < -0.4 is 15.7 Å². The quantitative estimate of drug-likeness (QED) is 0.475. The van der Waals surface area contributed by atoms with Gasteiger partial charge >= 0.3 is 0 Å². The van der Waals surface area contributed by atoms with E-state index in [2.05, 4.69) is 12.0 Å². The van der Waals surface area contributed by atoms with Crippen LogP contribution in [-0.4, -0.2) is 28.4 Å². The number of anilines is 1. The van der Waals surface area contributed by atoms with E-state index < -0.39 is 5.92 Å². The molecule has 1 amide bonds. The number of Topliss-reactive ketones (excluding diaryl/α,β-unsaturated/α-hetero) is 1. The molecule has 1 aromatic heterocycles. The van der Waals surface area contributed by atoms with E-state index in [-0.39, 0.29) is 29.1 Å². The molecule has 0 fully saturated rings. The van der Waals surface area contributed by atoms with Gasteiger partial charge in [-0.25, -0.2) is 5.01 Å². The molecule has 7 nitrogen and oxygen atoms in total. The van der Waals surface area contributed by atoms with Crippen molar-refractivity contribution in [3.63, 3.8) is 0 Å². The second kappa shape index (κ2) is 9.39. The minimum absolute atomic E-state index is 0.0175. The Morgan fingerprint density at radius 2 is 1.84 bits per heavy atom. The van der Waals surface area contributed by atoms with E-state index in [1.807, 2.05) is 68.4 Å². The zero-order valence-corrected chi connectivity index (χ0v) is 21.4. The highest BCUT2D eigenvalue weighted by molar-refractivity contribution is 6.02. The number of hydrogen-bond donors (Lipinski definition) is 1. The van der Waals surface area contributed by atoms with E-state index in [0.717, 1.165) is 16.6 Å². The van der Waals surface area contributed by atoms with E-state index in [4.69, 9.17) is 4.74 Å². The van der Waals surface area contributed by atoms with Crippen molar-refractivity contribution in [2.75, 3.05) is 12.5 Å². The fourth-order valence-electron chi connectivity index (χ4n) is 5.53. The van der Waals surface area contributed by atoms with Crippen molar-refractivity contribution in [3.8, 4) is 5.75 Å². The maximum Gasteiger partial charge on any atom is 0.255 e. The van der Waals surface area contributed by atoms with Gasteiger partial charge in [0.05, 0.1) is 24.0 Å². The largest absolute Gasteiger partial charge is 0.497 e. The molecule has 0 saturated heterocycles. The summed E-state index contributed by atoms with van der Waals surface area (Å²) in [5.41, 5.74) is 5.81. The smallest absolute Gasteiger partial charge is 0.255 e. The number of allylic oxidation sites excluding steroid dienone is 3. The van der Waals surface area contributed by atoms with Gasteiger partial charge in [0.2, 0.25) is 5.91 Å². The molecule has 0 bridgehead atoms. The Hall–Kier alpha value is -4.13. The number of hydrazine groups is 1. The van der Waals surface area contributed by atoms with Crippen LogP contribution in [0.25, 0.3) is 10.9 Å². The van der Waals surface area contributed by atoms with Crippen molar-refractivity contribution in [2.45, 2.75) is 45.6 Å². The van der Waals surface area contributed by atoms with Crippen LogP contribution in [0.1, 0.15) is 44.6 Å². The highest BCUT2D eigenvalue weighted by Gasteiger charge is 2.45. The van der Waals surface area contributed by atoms with Gasteiger partial charge in [-0.3, -0.25) is 19.8 Å². The number of rotatable bonds is 6. The molecule has 1 aliphatic carbocycles. The molecule has 1 aliphatic heterocycles. The Morgan fingerprint density at radius 3 is 2.54 bits per heavy atom. The van der Waals surface area contributed by atoms with E-state index in [1.165, 1.54) is 5.01 Å². The van der Waals surface area contributed by atoms with E-state index in [0.29, 0.717) is 42.0 Å². The third-order valence-corrected chi connectivity index (χ3v) is 7.17. The lowest BCUT2D eigenvalue weighted by atomic mass is 9.69. The molecule has 2 heterocycles. The lowest BCUT2D eigenvalue weighted by Gasteiger charge is -2.42. The van der Waals surface area contributed by atoms with E-state index in [1.54, 1.807) is 17.8 Å². The van der Waals surface area contributed by atoms with Crippen molar-refractivity contribution >= 4 is 28.3 Å². The Kier molecular flexibility index (Phi) is 6.23. The van der Waals surface area contributed by atoms with Crippen LogP contribution in [0.2, 0.25) is 0 Å². The van der Waals surface area contributed by atoms with Gasteiger partial charge in [0.15, 0.2) is 5.78 Å². The first-order valence-electron chi connectivity index (χ1n) is 12.5. The number of nitrogens with one attached hydrogen (secondary N) is 1. The molecule has 0 spiro atoms. The summed E-state index contributed by atoms with van der Waals surface area (Å²) in [4.78, 5) is 41.1. The summed E-state index contributed by atoms with van der Waals surface area (Å²) >= 11 is 0. The molecule has 5 rings (SSSR count). The average Bonchev–Trinajstić information content (AvgIpc) is 2.86. The van der Waals surface area contributed by atoms with E-state index in [9.17, 15) is 14.4 Å². The SMILES string of the molecule is C=CCn1c(=O)c(C2CC(=O)N(Nc3ccccc3)C3=C2C(=O)CC(C)(C)C3)cc2cc(OC)ccc21. The molecule has 1 N–H and O–H groups in total. The van der Waals surface area contributed by atoms with Crippen LogP contribution in [0.15, 0.2) is 83.3 Å². The second-order valence-corrected chi connectivity index (χ2v) is 10.5. The predicted molar refractivity (Wildman–Crippen MR) is 144 cm³/mol. The number of carbonyl (C=O) groups excluding carboxylic acids is 2. The molecule has 37 heavy (non-hydrogen) atoms. The minimum atomic E-state index is -0.626. The number of hydrogen-bond acceptors (Lipinski definition) is 5. The van der Waals surface area contributed by atoms with Gasteiger partial charge in [0, 0.05) is 41.8 Å². The van der Waals surface area contributed by atoms with Gasteiger partial charge in [-0.05, 0) is 48.2 Å². The first kappa shape index (κ1) is 24.6. The predicted octanol–water partition coefficient (Wildman–Crippen LogP) is 5.18. The molecule has 1 unspecified atom stereocenters. The van der Waals surface area contributed by atoms with Crippen molar-refractivity contribution in [1.82, 2.24) is 9.58 Å². The Balaban J connectivity index is 1.71. The Labute approximate surface area is 216 Å². The standard InChI is InChI=1S/C30H31N3O4/c1-5-13-32-24-12-11-21(37-4)14-19(24)15-23(29(32)36)22-16-27(35)33(31-20-9-7-6-8-10-20)25-17-30(2,3)18-26(34)28(22)25/h5-12,14-15,22,31H,1,13,16-18H2,2-4H3. The number of methoxy groups -OCH3 is 1. The maximum absolute atomic E-state index is 13.8. The minimum Gasteiger partial charge on any atom is -0.497 e. The Morgan fingerprint density at radius 1 is 1.08 bits per heavy atom. The van der Waals surface area contributed by atoms with E-state index >= 15 is 0 Å². The third kappa shape index (κ3) is 4.46. The van der Waals surface area contributed by atoms with Crippen molar-refractivity contribution in [1.29, 1.82) is 0 Å². The number of benzene rings is 2. The lowest BCUT2D eigenvalue weighted by molar-refractivity contribution is -0.130. The van der Waals surface area contributed by atoms with Crippen LogP contribution >= 0.6 is 0 Å². The van der Waals surface area contributed by atoms with Crippen molar-refractivity contribution in [2.24, 2.45) is 5.41 Å². The zero-order chi connectivity index (χ0) is 26.3. The summed E-state index contributed by atoms with van der Waals surface area (Å²) in [6, 6.07) is 16.8. The molecule has 7 heteroatoms. The summed E-state index contributed by atoms with van der Waals surface area (Å²) < 4.78 is 7.06. The number of amides is 1. The van der Waals surface area contributed by atoms with Crippen LogP contribution in [0, 0.1) is 5.41 Å². The van der Waals surface area contributed by atoms with Crippen LogP contribution in [0.3, 0.4) is 0 Å². The average molecular weight is 498 g/mol. The molecular formula is C30H31N3O4. The lowest BCUT2D eigenvalue weighted by Crippen LogP contribution is -2.47. The van der Waals surface area contributed by atoms with Gasteiger partial charge in [-0.2, -0.15) is 0 Å². The van der Waals surface area contributed by atoms with Gasteiger partial charge in [0.1, 0.15) is 5.75 Å². The van der Waals surface area contributed by atoms with Gasteiger partial charge in [-0.1, -0.05) is 38.1 Å². The fourth-order valence-corrected chi connectivity index (χ4v) is 5.53. The summed E-state index contributed by atoms with van der Waals surface area (Å²) in [7, 11) is 1.59. The molecular weight excluding hydrogens is 466 g/mol. The molecule has 0 saturated carbocycles. The molecule has 190 valence electrons. The van der Waals surface area contributed by atoms with Crippen molar-refractivity contribution in [3.05, 3.63) is 94.4 Å². The number of ketones is 1. The van der Waals surface area contributed by atoms with Gasteiger partial charge in [0.25, 0.3) is 5.56 Å². The zero-order valence-electron chi connectivity index (χ0n) is 21.4. The molecule has 0 radical (unpaired) electrons. The monoisotopic (exact) mass is 497 g/mol. The van der Waals surface area contributed by atoms with Gasteiger partial charge < -0.3 is 9.30 Å². The Bertz CT molecular complexity index is 1500. The number of para-hydroxylation sites is 1. The van der Waals surface area contributed by atoms with Crippen LogP contribution in [0.5, 0.6) is 5.75 Å². The van der Waals surface area contributed by atoms with Crippen molar-refractivity contribution < 1.29 is 14.3 Å². The third-order valence-electron chi connectivity index (χ3n) is 7.17. The highest BCUT2D eigenvalue weighted by Crippen LogP contribution is 2.46. The number of carbonyl (C=O) groups is 2. The van der Waals surface area contributed by atoms with Crippen LogP contribution in [0.4, 0.5) is 5.69 Å². The number of nitrogens with zero attached hydrogens (tertiary/aromatic N) is 2. The number of fused-ring (bicyclic) bond motifs is 1. The van der Waals surface area contributed by atoms with Gasteiger partial charge in [-0.15, -0.1) is 6.58 Å². The number of ether oxygens (including phenoxy) is 1. The number of aromatic nitrogens is 1. The molecule has 2 aliphatic rings. The second-order valence-electron chi connectivity index (χ2n) is 10.5. The summed E-state index contributed by atoms with van der Waals surface area (Å²) in [5.74, 6) is -0.169. The summed E-state index contributed by atoms with van der Waals surface area (Å²) in [6.45, 7) is 8.19. The molecule has 2 aromatic carbocycles. The topological polar surface area (TPSA) is 80.6 Å². The first-order valence-corrected chi connectivity index (χ1v) is 12.5. The number of pyridine rings is 1. The highest BCUT2D eigenvalue weighted by atomic mass is 16.5. The first-order chi connectivity index (χ1) is 17.7. The summed E-state index contributed by atoms with van der Waals surface area (Å²) in [6.07, 6.45) is 2.59. The van der Waals surface area contributed by atoms with Crippen LogP contribution in [-0.2, 0) is 16.1 Å². The molecule has 1 atom stereocenters. The summed E-state index contributed by atoms with van der Waals surface area (Å²) in [5, 5.41) is 2.32. The molecule has 3 aromatic rings. The maximum atomic E-state index is 13.8. The normalized spacial score (nSPS) is 19.1.